The molecule has 1 amide bonds. The fraction of sp³-hybridized carbons (Fsp3) is 0.192. The van der Waals surface area contributed by atoms with Gasteiger partial charge in [-0.1, -0.05) is 42.5 Å². The molecule has 0 aliphatic carbocycles. The fourth-order valence-electron chi connectivity index (χ4n) is 3.64. The summed E-state index contributed by atoms with van der Waals surface area (Å²) in [4.78, 5) is 33.9. The smallest absolute Gasteiger partial charge is 0.258 e. The number of benzene rings is 3. The lowest BCUT2D eigenvalue weighted by Crippen LogP contribution is -2.16. The minimum Gasteiger partial charge on any atom is -0.370 e. The van der Waals surface area contributed by atoms with Crippen molar-refractivity contribution in [1.82, 2.24) is 9.97 Å². The van der Waals surface area contributed by atoms with Gasteiger partial charge in [0.05, 0.1) is 10.9 Å². The minimum atomic E-state index is -0.146. The molecule has 0 unspecified atom stereocenters. The largest absolute Gasteiger partial charge is 0.370 e. The minimum absolute atomic E-state index is 0.0569. The summed E-state index contributed by atoms with van der Waals surface area (Å²) in [6, 6.07) is 25.4. The van der Waals surface area contributed by atoms with E-state index >= 15 is 0 Å². The second-order valence-corrected chi connectivity index (χ2v) is 7.82. The van der Waals surface area contributed by atoms with E-state index in [-0.39, 0.29) is 11.5 Å². The molecule has 6 nitrogen and oxygen atoms in total. The van der Waals surface area contributed by atoms with Crippen LogP contribution in [-0.4, -0.2) is 22.9 Å². The Morgan fingerprint density at radius 2 is 1.69 bits per heavy atom. The zero-order valence-electron chi connectivity index (χ0n) is 18.0. The van der Waals surface area contributed by atoms with Crippen molar-refractivity contribution in [2.24, 2.45) is 0 Å². The van der Waals surface area contributed by atoms with E-state index in [1.807, 2.05) is 67.7 Å². The Labute approximate surface area is 186 Å². The van der Waals surface area contributed by atoms with Gasteiger partial charge < -0.3 is 15.2 Å². The summed E-state index contributed by atoms with van der Waals surface area (Å²) in [6.45, 7) is 0.817. The number of nitrogens with zero attached hydrogens (tertiary/aromatic N) is 2. The van der Waals surface area contributed by atoms with E-state index in [9.17, 15) is 9.59 Å². The number of para-hydroxylation sites is 1. The lowest BCUT2D eigenvalue weighted by Gasteiger charge is -2.19. The Morgan fingerprint density at radius 1 is 0.969 bits per heavy atom. The zero-order valence-corrected chi connectivity index (χ0v) is 18.0. The molecule has 0 atom stereocenters. The predicted octanol–water partition coefficient (Wildman–Crippen LogP) is 4.52. The first-order chi connectivity index (χ1) is 15.6. The Morgan fingerprint density at radius 3 is 2.47 bits per heavy atom. The van der Waals surface area contributed by atoms with Crippen molar-refractivity contribution in [3.8, 4) is 0 Å². The molecule has 4 rings (SSSR count). The van der Waals surface area contributed by atoms with Gasteiger partial charge in [-0.15, -0.1) is 0 Å². The van der Waals surface area contributed by atoms with E-state index < -0.39 is 0 Å². The summed E-state index contributed by atoms with van der Waals surface area (Å²) in [6.07, 6.45) is 1.49. The highest BCUT2D eigenvalue weighted by atomic mass is 16.1. The number of H-pyrrole nitrogens is 1. The summed E-state index contributed by atoms with van der Waals surface area (Å²) in [7, 11) is 2.05. The number of hydrogen-bond acceptors (Lipinski definition) is 4. The lowest BCUT2D eigenvalue weighted by atomic mass is 10.2. The molecule has 4 aromatic rings. The maximum atomic E-state index is 12.3. The van der Waals surface area contributed by atoms with Crippen LogP contribution >= 0.6 is 0 Å². The topological polar surface area (TPSA) is 78.1 Å². The van der Waals surface area contributed by atoms with Gasteiger partial charge in [0.1, 0.15) is 5.82 Å². The third-order valence-electron chi connectivity index (χ3n) is 5.33. The molecule has 1 aromatic heterocycles. The Kier molecular flexibility index (Phi) is 6.60. The van der Waals surface area contributed by atoms with Gasteiger partial charge in [0.25, 0.3) is 5.56 Å². The van der Waals surface area contributed by atoms with Crippen LogP contribution in [0.5, 0.6) is 0 Å². The number of nitrogens with one attached hydrogen (secondary N) is 2. The van der Waals surface area contributed by atoms with Crippen molar-refractivity contribution in [3.05, 3.63) is 101 Å². The van der Waals surface area contributed by atoms with E-state index in [2.05, 4.69) is 32.3 Å². The molecule has 32 heavy (non-hydrogen) atoms. The molecule has 0 saturated carbocycles. The van der Waals surface area contributed by atoms with Crippen LogP contribution in [0.15, 0.2) is 83.7 Å². The molecule has 1 heterocycles. The number of aromatic amines is 1. The van der Waals surface area contributed by atoms with Crippen molar-refractivity contribution >= 4 is 28.2 Å². The molecule has 162 valence electrons. The van der Waals surface area contributed by atoms with Gasteiger partial charge in [-0.25, -0.2) is 4.98 Å². The Hall–Kier alpha value is -3.93. The quantitative estimate of drug-likeness (QED) is 0.434. The van der Waals surface area contributed by atoms with Crippen molar-refractivity contribution in [2.45, 2.75) is 25.8 Å². The van der Waals surface area contributed by atoms with Crippen LogP contribution in [0.2, 0.25) is 0 Å². The monoisotopic (exact) mass is 426 g/mol. The molecule has 0 aliphatic rings. The number of hydrogen-bond donors (Lipinski definition) is 2. The fourth-order valence-corrected chi connectivity index (χ4v) is 3.64. The van der Waals surface area contributed by atoms with Gasteiger partial charge in [-0.05, 0) is 48.4 Å². The van der Waals surface area contributed by atoms with Crippen LogP contribution in [0, 0.1) is 0 Å². The van der Waals surface area contributed by atoms with Gasteiger partial charge in [-0.2, -0.15) is 0 Å². The molecule has 0 saturated heterocycles. The average molecular weight is 427 g/mol. The van der Waals surface area contributed by atoms with E-state index in [1.165, 1.54) is 5.56 Å². The summed E-state index contributed by atoms with van der Waals surface area (Å²) in [5, 5.41) is 3.51. The lowest BCUT2D eigenvalue weighted by molar-refractivity contribution is -0.116. The van der Waals surface area contributed by atoms with Crippen LogP contribution in [0.3, 0.4) is 0 Å². The third-order valence-corrected chi connectivity index (χ3v) is 5.33. The number of carbonyl (C=O) groups excluding carboxylic acids is 1. The summed E-state index contributed by atoms with van der Waals surface area (Å²) in [5.41, 5.74) is 3.62. The summed E-state index contributed by atoms with van der Waals surface area (Å²) >= 11 is 0. The average Bonchev–Trinajstić information content (AvgIpc) is 2.80. The molecule has 2 N–H and O–H groups in total. The standard InChI is InChI=1S/C26H26N4O2/c1-30(18-19-8-3-2-4-9-19)21-16-14-20(15-17-21)27-25(31)13-7-12-24-28-23-11-6-5-10-22(23)26(32)29-24/h2-6,8-11,14-17H,7,12-13,18H2,1H3,(H,27,31)(H,28,29,32). The van der Waals surface area contributed by atoms with Crippen LogP contribution in [0.25, 0.3) is 10.9 Å². The van der Waals surface area contributed by atoms with E-state index in [1.54, 1.807) is 6.07 Å². The zero-order chi connectivity index (χ0) is 22.3. The normalized spacial score (nSPS) is 10.8. The highest BCUT2D eigenvalue weighted by Crippen LogP contribution is 2.19. The van der Waals surface area contributed by atoms with E-state index in [0.717, 1.165) is 17.9 Å². The second-order valence-electron chi connectivity index (χ2n) is 7.82. The molecule has 3 aromatic carbocycles. The third kappa shape index (κ3) is 5.40. The highest BCUT2D eigenvalue weighted by Gasteiger charge is 2.07. The number of aromatic nitrogens is 2. The van der Waals surface area contributed by atoms with Crippen LogP contribution < -0.4 is 15.8 Å². The number of amides is 1. The van der Waals surface area contributed by atoms with Crippen LogP contribution in [0.1, 0.15) is 24.2 Å². The second kappa shape index (κ2) is 9.92. The number of aryl methyl sites for hydroxylation is 1. The van der Waals surface area contributed by atoms with Crippen LogP contribution in [-0.2, 0) is 17.8 Å². The molecule has 0 fully saturated rings. The molecule has 0 aliphatic heterocycles. The van der Waals surface area contributed by atoms with Gasteiger partial charge in [-0.3, -0.25) is 9.59 Å². The molecular formula is C26H26N4O2. The Bertz CT molecular complexity index is 1250. The maximum Gasteiger partial charge on any atom is 0.258 e. The summed E-state index contributed by atoms with van der Waals surface area (Å²) in [5.74, 6) is 0.547. The number of carbonyl (C=O) groups is 1. The van der Waals surface area contributed by atoms with E-state index in [0.29, 0.717) is 36.0 Å². The van der Waals surface area contributed by atoms with E-state index in [4.69, 9.17) is 0 Å². The number of rotatable bonds is 8. The van der Waals surface area contributed by atoms with Crippen molar-refractivity contribution in [1.29, 1.82) is 0 Å². The predicted molar refractivity (Wildman–Crippen MR) is 129 cm³/mol. The molecular weight excluding hydrogens is 400 g/mol. The first-order valence-corrected chi connectivity index (χ1v) is 10.7. The van der Waals surface area contributed by atoms with Crippen molar-refractivity contribution in [2.75, 3.05) is 17.3 Å². The van der Waals surface area contributed by atoms with Crippen LogP contribution in [0.4, 0.5) is 11.4 Å². The highest BCUT2D eigenvalue weighted by molar-refractivity contribution is 5.90. The molecule has 0 radical (unpaired) electrons. The molecule has 6 heteroatoms. The SMILES string of the molecule is CN(Cc1ccccc1)c1ccc(NC(=O)CCCc2nc3ccccc3c(=O)[nH]2)cc1. The van der Waals surface area contributed by atoms with Gasteiger partial charge >= 0.3 is 0 Å². The molecule has 0 bridgehead atoms. The number of fused-ring (bicyclic) bond motifs is 1. The Balaban J connectivity index is 1.27. The van der Waals surface area contributed by atoms with Crippen molar-refractivity contribution in [3.63, 3.8) is 0 Å². The first kappa shape index (κ1) is 21.3. The molecule has 0 spiro atoms. The number of anilines is 2. The van der Waals surface area contributed by atoms with Crippen molar-refractivity contribution < 1.29 is 4.79 Å². The first-order valence-electron chi connectivity index (χ1n) is 10.7. The van der Waals surface area contributed by atoms with Gasteiger partial charge in [0.15, 0.2) is 0 Å². The summed E-state index contributed by atoms with van der Waals surface area (Å²) < 4.78 is 0. The maximum absolute atomic E-state index is 12.3. The van der Waals surface area contributed by atoms with Gasteiger partial charge in [0, 0.05) is 37.8 Å². The van der Waals surface area contributed by atoms with Gasteiger partial charge in [0.2, 0.25) is 5.91 Å².